The third kappa shape index (κ3) is 3.07. The van der Waals surface area contributed by atoms with Crippen LogP contribution in [0.15, 0.2) is 17.0 Å². The topological polar surface area (TPSA) is 60.0 Å². The summed E-state index contributed by atoms with van der Waals surface area (Å²) in [6.07, 6.45) is 7.08. The molecule has 2 aromatic heterocycles. The third-order valence-electron chi connectivity index (χ3n) is 3.79. The number of likely N-dealkylation sites (tertiary alicyclic amines) is 1. The molecule has 0 radical (unpaired) electrons. The van der Waals surface area contributed by atoms with Gasteiger partial charge in [0.05, 0.1) is 6.33 Å². The smallest absolute Gasteiger partial charge is 0.228 e. The molecule has 20 heavy (non-hydrogen) atoms. The number of imidazole rings is 1. The molecule has 1 unspecified atom stereocenters. The minimum absolute atomic E-state index is 0.576. The zero-order valence-electron chi connectivity index (χ0n) is 12.1. The van der Waals surface area contributed by atoms with Crippen molar-refractivity contribution in [2.45, 2.75) is 26.2 Å². The second-order valence-corrected chi connectivity index (χ2v) is 5.73. The Balaban J connectivity index is 1.57. The summed E-state index contributed by atoms with van der Waals surface area (Å²) < 4.78 is 7.18. The van der Waals surface area contributed by atoms with Crippen LogP contribution in [0.1, 0.15) is 25.7 Å². The lowest BCUT2D eigenvalue weighted by Gasteiger charge is -2.30. The van der Waals surface area contributed by atoms with Crippen LogP contribution in [-0.2, 0) is 13.5 Å². The normalized spacial score (nSPS) is 20.4. The first-order chi connectivity index (χ1) is 9.70. The van der Waals surface area contributed by atoms with Gasteiger partial charge in [0.25, 0.3) is 0 Å². The number of nitrogens with zero attached hydrogens (tertiary/aromatic N) is 5. The lowest BCUT2D eigenvalue weighted by molar-refractivity contribution is 0.181. The molecule has 3 heterocycles. The van der Waals surface area contributed by atoms with E-state index < -0.39 is 0 Å². The van der Waals surface area contributed by atoms with Crippen LogP contribution in [0.4, 0.5) is 0 Å². The summed E-state index contributed by atoms with van der Waals surface area (Å²) in [5.41, 5.74) is 0.758. The highest BCUT2D eigenvalue weighted by Crippen LogP contribution is 2.16. The van der Waals surface area contributed by atoms with Gasteiger partial charge in [-0.3, -0.25) is 0 Å². The van der Waals surface area contributed by atoms with Crippen LogP contribution in [-0.4, -0.2) is 44.2 Å². The van der Waals surface area contributed by atoms with E-state index in [0.29, 0.717) is 11.7 Å². The van der Waals surface area contributed by atoms with Crippen molar-refractivity contribution in [3.05, 3.63) is 18.4 Å². The van der Waals surface area contributed by atoms with Gasteiger partial charge in [-0.1, -0.05) is 12.1 Å². The van der Waals surface area contributed by atoms with E-state index in [2.05, 4.69) is 26.9 Å². The largest absolute Gasteiger partial charge is 0.340 e. The first kappa shape index (κ1) is 13.3. The number of hydrogen-bond donors (Lipinski definition) is 0. The van der Waals surface area contributed by atoms with E-state index in [4.69, 9.17) is 4.52 Å². The molecule has 0 aliphatic carbocycles. The Morgan fingerprint density at radius 2 is 2.35 bits per heavy atom. The van der Waals surface area contributed by atoms with Gasteiger partial charge >= 0.3 is 0 Å². The summed E-state index contributed by atoms with van der Waals surface area (Å²) in [6.45, 7) is 5.68. The summed E-state index contributed by atoms with van der Waals surface area (Å²) in [4.78, 5) is 11.1. The van der Waals surface area contributed by atoms with Crippen molar-refractivity contribution in [1.29, 1.82) is 0 Å². The first-order valence-corrected chi connectivity index (χ1v) is 7.24. The Morgan fingerprint density at radius 3 is 3.10 bits per heavy atom. The highest BCUT2D eigenvalue weighted by Gasteiger charge is 2.17. The molecule has 0 aromatic carbocycles. The standard InChI is InChI=1S/C14H21N5O/c1-11-4-3-6-19(8-11)7-5-13-16-14(17-20-13)12-9-18(2)10-15-12/h9-11H,3-8H2,1-2H3. The van der Waals surface area contributed by atoms with Crippen LogP contribution in [0.25, 0.3) is 11.5 Å². The average Bonchev–Trinajstić information content (AvgIpc) is 3.05. The van der Waals surface area contributed by atoms with Gasteiger partial charge in [0.15, 0.2) is 0 Å². The Bertz CT molecular complexity index is 561. The highest BCUT2D eigenvalue weighted by molar-refractivity contribution is 5.46. The molecule has 1 fully saturated rings. The van der Waals surface area contributed by atoms with Gasteiger partial charge in [-0.25, -0.2) is 4.98 Å². The molecule has 0 saturated carbocycles. The van der Waals surface area contributed by atoms with E-state index >= 15 is 0 Å². The second-order valence-electron chi connectivity index (χ2n) is 5.73. The summed E-state index contributed by atoms with van der Waals surface area (Å²) in [5, 5.41) is 4.00. The number of hydrogen-bond acceptors (Lipinski definition) is 5. The molecular formula is C14H21N5O. The van der Waals surface area contributed by atoms with Gasteiger partial charge in [0.1, 0.15) is 5.69 Å². The predicted molar refractivity (Wildman–Crippen MR) is 75.0 cm³/mol. The van der Waals surface area contributed by atoms with Gasteiger partial charge in [0, 0.05) is 32.8 Å². The number of aromatic nitrogens is 4. The molecule has 6 heteroatoms. The first-order valence-electron chi connectivity index (χ1n) is 7.24. The maximum absolute atomic E-state index is 5.31. The average molecular weight is 275 g/mol. The van der Waals surface area contributed by atoms with Crippen molar-refractivity contribution >= 4 is 0 Å². The van der Waals surface area contributed by atoms with Crippen LogP contribution in [0.2, 0.25) is 0 Å². The second kappa shape index (κ2) is 5.75. The van der Waals surface area contributed by atoms with Crippen molar-refractivity contribution in [3.8, 4) is 11.5 Å². The summed E-state index contributed by atoms with van der Waals surface area (Å²) in [7, 11) is 1.93. The van der Waals surface area contributed by atoms with Crippen LogP contribution in [0, 0.1) is 5.92 Å². The molecule has 1 atom stereocenters. The highest BCUT2D eigenvalue weighted by atomic mass is 16.5. The van der Waals surface area contributed by atoms with Crippen molar-refractivity contribution in [1.82, 2.24) is 24.6 Å². The van der Waals surface area contributed by atoms with Crippen molar-refractivity contribution in [3.63, 3.8) is 0 Å². The fraction of sp³-hybridized carbons (Fsp3) is 0.643. The molecule has 3 rings (SSSR count). The van der Waals surface area contributed by atoms with E-state index in [1.165, 1.54) is 25.9 Å². The quantitative estimate of drug-likeness (QED) is 0.850. The Hall–Kier alpha value is -1.69. The molecule has 108 valence electrons. The monoisotopic (exact) mass is 275 g/mol. The third-order valence-corrected chi connectivity index (χ3v) is 3.79. The zero-order chi connectivity index (χ0) is 13.9. The minimum Gasteiger partial charge on any atom is -0.340 e. The fourth-order valence-corrected chi connectivity index (χ4v) is 2.73. The number of piperidine rings is 1. The molecule has 1 aliphatic heterocycles. The van der Waals surface area contributed by atoms with E-state index in [1.54, 1.807) is 6.33 Å². The van der Waals surface area contributed by atoms with Crippen LogP contribution in [0.3, 0.4) is 0 Å². The molecule has 2 aromatic rings. The lowest BCUT2D eigenvalue weighted by Crippen LogP contribution is -2.35. The summed E-state index contributed by atoms with van der Waals surface area (Å²) >= 11 is 0. The SMILES string of the molecule is CC1CCCN(CCc2nc(-c3cn(C)cn3)no2)C1. The molecule has 0 bridgehead atoms. The molecule has 0 amide bonds. The molecule has 0 N–H and O–H groups in total. The Morgan fingerprint density at radius 1 is 1.45 bits per heavy atom. The molecule has 0 spiro atoms. The predicted octanol–water partition coefficient (Wildman–Crippen LogP) is 1.74. The molecule has 1 aliphatic rings. The molecule has 6 nitrogen and oxygen atoms in total. The van der Waals surface area contributed by atoms with E-state index in [1.807, 2.05) is 17.8 Å². The van der Waals surface area contributed by atoms with Gasteiger partial charge in [-0.05, 0) is 25.3 Å². The van der Waals surface area contributed by atoms with E-state index in [-0.39, 0.29) is 0 Å². The van der Waals surface area contributed by atoms with Gasteiger partial charge < -0.3 is 14.0 Å². The maximum Gasteiger partial charge on any atom is 0.228 e. The van der Waals surface area contributed by atoms with Gasteiger partial charge in [-0.15, -0.1) is 0 Å². The van der Waals surface area contributed by atoms with Crippen LogP contribution < -0.4 is 0 Å². The Labute approximate surface area is 118 Å². The van der Waals surface area contributed by atoms with Crippen molar-refractivity contribution < 1.29 is 4.52 Å². The minimum atomic E-state index is 0.576. The summed E-state index contributed by atoms with van der Waals surface area (Å²) in [5.74, 6) is 2.08. The van der Waals surface area contributed by atoms with Gasteiger partial charge in [0.2, 0.25) is 11.7 Å². The van der Waals surface area contributed by atoms with Crippen LogP contribution >= 0.6 is 0 Å². The number of aryl methyl sites for hydroxylation is 1. The van der Waals surface area contributed by atoms with E-state index in [9.17, 15) is 0 Å². The van der Waals surface area contributed by atoms with Crippen LogP contribution in [0.5, 0.6) is 0 Å². The lowest BCUT2D eigenvalue weighted by atomic mass is 10.0. The van der Waals surface area contributed by atoms with Crippen molar-refractivity contribution in [2.24, 2.45) is 13.0 Å². The summed E-state index contributed by atoms with van der Waals surface area (Å²) in [6, 6.07) is 0. The zero-order valence-corrected chi connectivity index (χ0v) is 12.1. The van der Waals surface area contributed by atoms with Gasteiger partial charge in [-0.2, -0.15) is 4.98 Å². The maximum atomic E-state index is 5.31. The van der Waals surface area contributed by atoms with Crippen molar-refractivity contribution in [2.75, 3.05) is 19.6 Å². The Kier molecular flexibility index (Phi) is 3.82. The fourth-order valence-electron chi connectivity index (χ4n) is 2.73. The molecule has 1 saturated heterocycles. The van der Waals surface area contributed by atoms with E-state index in [0.717, 1.165) is 24.6 Å². The molecular weight excluding hydrogens is 254 g/mol. The number of rotatable bonds is 4.